The van der Waals surface area contributed by atoms with Gasteiger partial charge in [0, 0.05) is 11.6 Å². The van der Waals surface area contributed by atoms with E-state index in [9.17, 15) is 4.79 Å². The second-order valence-electron chi connectivity index (χ2n) is 2.64. The van der Waals surface area contributed by atoms with Crippen molar-refractivity contribution in [2.75, 3.05) is 14.2 Å². The Balaban J connectivity index is 2.75. The van der Waals surface area contributed by atoms with Crippen molar-refractivity contribution in [1.29, 1.82) is 0 Å². The maximum Gasteiger partial charge on any atom is 0.365 e. The maximum atomic E-state index is 10.9. The zero-order valence-electron chi connectivity index (χ0n) is 8.60. The molecule has 0 fully saturated rings. The minimum atomic E-state index is -0.566. The summed E-state index contributed by atoms with van der Waals surface area (Å²) in [4.78, 5) is 19.4. The van der Waals surface area contributed by atoms with E-state index in [0.717, 1.165) is 5.56 Å². The molecule has 0 radical (unpaired) electrons. The highest BCUT2D eigenvalue weighted by Crippen LogP contribution is 2.18. The fourth-order valence-electron chi connectivity index (χ4n) is 1.07. The molecule has 0 aliphatic carbocycles. The van der Waals surface area contributed by atoms with Gasteiger partial charge >= 0.3 is 5.97 Å². The van der Waals surface area contributed by atoms with E-state index in [1.54, 1.807) is 19.3 Å². The van der Waals surface area contributed by atoms with E-state index in [2.05, 4.69) is 9.78 Å². The molecule has 1 aromatic rings. The van der Waals surface area contributed by atoms with Crippen molar-refractivity contribution in [2.24, 2.45) is 0 Å². The number of methoxy groups -OCH3 is 1. The van der Waals surface area contributed by atoms with E-state index in [0.29, 0.717) is 5.75 Å². The van der Waals surface area contributed by atoms with Crippen LogP contribution in [0, 0.1) is 0 Å². The quantitative estimate of drug-likeness (QED) is 0.430. The smallest absolute Gasteiger partial charge is 0.365 e. The number of ether oxygens (including phenoxy) is 1. The zero-order valence-corrected chi connectivity index (χ0v) is 8.60. The van der Waals surface area contributed by atoms with E-state index in [1.165, 1.54) is 13.2 Å². The molecule has 4 heteroatoms. The number of hydrogen-bond donors (Lipinski definition) is 0. The molecule has 0 heterocycles. The Bertz CT molecular complexity index is 357. The van der Waals surface area contributed by atoms with Crippen LogP contribution in [-0.4, -0.2) is 20.2 Å². The standard InChI is InChI=1S/C11H12O4/c1-13-10-6-4-3-5-9(10)7-8-11(12)15-14-2/h3-8H,1-2H3/b8-7+. The lowest BCUT2D eigenvalue weighted by atomic mass is 10.2. The van der Waals surface area contributed by atoms with Crippen LogP contribution in [0.3, 0.4) is 0 Å². The first kappa shape index (κ1) is 11.3. The van der Waals surface area contributed by atoms with Gasteiger partial charge < -0.3 is 4.74 Å². The Kier molecular flexibility index (Phi) is 4.37. The van der Waals surface area contributed by atoms with Gasteiger partial charge in [-0.15, -0.1) is 0 Å². The molecule has 15 heavy (non-hydrogen) atoms. The van der Waals surface area contributed by atoms with Crippen LogP contribution >= 0.6 is 0 Å². The first-order valence-corrected chi connectivity index (χ1v) is 4.33. The van der Waals surface area contributed by atoms with E-state index < -0.39 is 5.97 Å². The average Bonchev–Trinajstić information content (AvgIpc) is 2.27. The predicted octanol–water partition coefficient (Wildman–Crippen LogP) is 1.81. The van der Waals surface area contributed by atoms with Gasteiger partial charge in [0.05, 0.1) is 14.2 Å². The average molecular weight is 208 g/mol. The van der Waals surface area contributed by atoms with E-state index in [4.69, 9.17) is 4.74 Å². The zero-order chi connectivity index (χ0) is 11.1. The van der Waals surface area contributed by atoms with Crippen LogP contribution in [0.4, 0.5) is 0 Å². The largest absolute Gasteiger partial charge is 0.496 e. The number of hydrogen-bond acceptors (Lipinski definition) is 4. The molecule has 0 saturated carbocycles. The van der Waals surface area contributed by atoms with Crippen LogP contribution in [-0.2, 0) is 14.6 Å². The Hall–Kier alpha value is -1.81. The third-order valence-electron chi connectivity index (χ3n) is 1.70. The first-order chi connectivity index (χ1) is 7.27. The molecule has 1 aromatic carbocycles. The lowest BCUT2D eigenvalue weighted by Gasteiger charge is -2.02. The third-order valence-corrected chi connectivity index (χ3v) is 1.70. The molecule has 0 spiro atoms. The molecule has 0 atom stereocenters. The Morgan fingerprint density at radius 1 is 1.27 bits per heavy atom. The molecule has 0 saturated heterocycles. The Labute approximate surface area is 88.0 Å². The second kappa shape index (κ2) is 5.82. The van der Waals surface area contributed by atoms with Gasteiger partial charge in [0.15, 0.2) is 0 Å². The van der Waals surface area contributed by atoms with Crippen LogP contribution in [0.15, 0.2) is 30.3 Å². The first-order valence-electron chi connectivity index (χ1n) is 4.33. The van der Waals surface area contributed by atoms with Crippen molar-refractivity contribution in [3.8, 4) is 5.75 Å². The SMILES string of the molecule is COOC(=O)/C=C/c1ccccc1OC. The van der Waals surface area contributed by atoms with E-state index in [1.807, 2.05) is 18.2 Å². The van der Waals surface area contributed by atoms with Gasteiger partial charge in [0.1, 0.15) is 5.75 Å². The molecule has 4 nitrogen and oxygen atoms in total. The van der Waals surface area contributed by atoms with Gasteiger partial charge in [-0.1, -0.05) is 18.2 Å². The summed E-state index contributed by atoms with van der Waals surface area (Å²) < 4.78 is 5.10. The molecule has 0 aliphatic heterocycles. The van der Waals surface area contributed by atoms with Crippen LogP contribution < -0.4 is 4.74 Å². The minimum Gasteiger partial charge on any atom is -0.496 e. The molecule has 0 amide bonds. The normalized spacial score (nSPS) is 10.3. The Morgan fingerprint density at radius 2 is 2.00 bits per heavy atom. The molecule has 80 valence electrons. The Morgan fingerprint density at radius 3 is 2.67 bits per heavy atom. The third kappa shape index (κ3) is 3.44. The van der Waals surface area contributed by atoms with Gasteiger partial charge in [-0.25, -0.2) is 4.79 Å². The number of carbonyl (C=O) groups excluding carboxylic acids is 1. The summed E-state index contributed by atoms with van der Waals surface area (Å²) in [5.41, 5.74) is 0.799. The van der Waals surface area contributed by atoms with Crippen LogP contribution in [0.1, 0.15) is 5.56 Å². The fraction of sp³-hybridized carbons (Fsp3) is 0.182. The van der Waals surface area contributed by atoms with Crippen molar-refractivity contribution in [1.82, 2.24) is 0 Å². The van der Waals surface area contributed by atoms with Crippen LogP contribution in [0.2, 0.25) is 0 Å². The highest BCUT2D eigenvalue weighted by atomic mass is 17.2. The summed E-state index contributed by atoms with van der Waals surface area (Å²) in [5, 5.41) is 0. The fourth-order valence-corrected chi connectivity index (χ4v) is 1.07. The van der Waals surface area contributed by atoms with Gasteiger partial charge in [-0.05, 0) is 12.1 Å². The topological polar surface area (TPSA) is 44.8 Å². The van der Waals surface area contributed by atoms with Crippen molar-refractivity contribution >= 4 is 12.0 Å². The summed E-state index contributed by atoms with van der Waals surface area (Å²) >= 11 is 0. The van der Waals surface area contributed by atoms with E-state index in [-0.39, 0.29) is 0 Å². The van der Waals surface area contributed by atoms with Crippen molar-refractivity contribution in [3.63, 3.8) is 0 Å². The molecule has 0 aromatic heterocycles. The summed E-state index contributed by atoms with van der Waals surface area (Å²) in [7, 11) is 2.84. The second-order valence-corrected chi connectivity index (χ2v) is 2.64. The molecular formula is C11H12O4. The van der Waals surface area contributed by atoms with Gasteiger partial charge in [0.25, 0.3) is 0 Å². The van der Waals surface area contributed by atoms with Crippen LogP contribution in [0.5, 0.6) is 5.75 Å². The van der Waals surface area contributed by atoms with Crippen molar-refractivity contribution in [2.45, 2.75) is 0 Å². The van der Waals surface area contributed by atoms with Gasteiger partial charge in [0.2, 0.25) is 0 Å². The monoisotopic (exact) mass is 208 g/mol. The molecule has 0 aliphatic rings. The molecule has 0 N–H and O–H groups in total. The highest BCUT2D eigenvalue weighted by Gasteiger charge is 1.99. The molecular weight excluding hydrogens is 196 g/mol. The van der Waals surface area contributed by atoms with Crippen LogP contribution in [0.25, 0.3) is 6.08 Å². The lowest BCUT2D eigenvalue weighted by molar-refractivity contribution is -0.249. The number of rotatable bonds is 4. The molecule has 0 unspecified atom stereocenters. The maximum absolute atomic E-state index is 10.9. The lowest BCUT2D eigenvalue weighted by Crippen LogP contribution is -1.98. The van der Waals surface area contributed by atoms with Crippen molar-refractivity contribution in [3.05, 3.63) is 35.9 Å². The number of para-hydroxylation sites is 1. The molecule has 1 rings (SSSR count). The predicted molar refractivity (Wildman–Crippen MR) is 55.1 cm³/mol. The number of benzene rings is 1. The summed E-state index contributed by atoms with van der Waals surface area (Å²) in [5.74, 6) is 0.127. The van der Waals surface area contributed by atoms with Gasteiger partial charge in [-0.2, -0.15) is 4.89 Å². The summed E-state index contributed by atoms with van der Waals surface area (Å²) in [6, 6.07) is 7.34. The van der Waals surface area contributed by atoms with Crippen molar-refractivity contribution < 1.29 is 19.3 Å². The molecule has 0 bridgehead atoms. The summed E-state index contributed by atoms with van der Waals surface area (Å²) in [6.07, 6.45) is 2.86. The van der Waals surface area contributed by atoms with E-state index >= 15 is 0 Å². The van der Waals surface area contributed by atoms with Gasteiger partial charge in [-0.3, -0.25) is 4.89 Å². The number of carbonyl (C=O) groups is 1. The minimum absolute atomic E-state index is 0.566. The highest BCUT2D eigenvalue weighted by molar-refractivity contribution is 5.87. The summed E-state index contributed by atoms with van der Waals surface area (Å²) in [6.45, 7) is 0.